The molecule has 5 rings (SSSR count). The van der Waals surface area contributed by atoms with Crippen molar-refractivity contribution in [3.05, 3.63) is 107 Å². The second-order valence-corrected chi connectivity index (χ2v) is 12.4. The molecular formula is C26H21BrSi. The normalized spacial score (nSPS) is 13.8. The third-order valence-electron chi connectivity index (χ3n) is 5.98. The van der Waals surface area contributed by atoms with Gasteiger partial charge in [-0.2, -0.15) is 0 Å². The quantitative estimate of drug-likeness (QED) is 0.356. The Bertz CT molecular complexity index is 1130. The molecule has 4 aromatic rings. The maximum atomic E-state index is 3.75. The predicted octanol–water partition coefficient (Wildman–Crippen LogP) is 4.42. The van der Waals surface area contributed by atoms with Gasteiger partial charge in [0.1, 0.15) is 0 Å². The molecular weight excluding hydrogens is 420 g/mol. The minimum Gasteiger partial charge on any atom is -0.0623 e. The zero-order chi connectivity index (χ0) is 19.3. The van der Waals surface area contributed by atoms with Gasteiger partial charge in [0.25, 0.3) is 0 Å². The van der Waals surface area contributed by atoms with Crippen molar-refractivity contribution in [1.29, 1.82) is 0 Å². The van der Waals surface area contributed by atoms with E-state index in [9.17, 15) is 0 Å². The fourth-order valence-electron chi connectivity index (χ4n) is 4.65. The van der Waals surface area contributed by atoms with Crippen molar-refractivity contribution in [2.75, 3.05) is 0 Å². The summed E-state index contributed by atoms with van der Waals surface area (Å²) < 4.78 is 1.15. The number of hydrogen-bond donors (Lipinski definition) is 0. The molecule has 4 aromatic carbocycles. The second kappa shape index (κ2) is 6.58. The highest BCUT2D eigenvalue weighted by molar-refractivity contribution is 9.10. The zero-order valence-electron chi connectivity index (χ0n) is 16.0. The molecule has 0 aromatic heterocycles. The molecule has 0 radical (unpaired) electrons. The molecule has 0 fully saturated rings. The fraction of sp³-hybridized carbons (Fsp3) is 0.0769. The first kappa shape index (κ1) is 17.7. The second-order valence-electron chi connectivity index (χ2n) is 7.72. The van der Waals surface area contributed by atoms with Crippen molar-refractivity contribution >= 4 is 44.8 Å². The van der Waals surface area contributed by atoms with Crippen LogP contribution in [0.2, 0.25) is 0 Å². The van der Waals surface area contributed by atoms with Crippen molar-refractivity contribution in [2.24, 2.45) is 0 Å². The van der Waals surface area contributed by atoms with Crippen LogP contribution in [0.4, 0.5) is 0 Å². The Labute approximate surface area is 176 Å². The van der Waals surface area contributed by atoms with Gasteiger partial charge in [0, 0.05) is 4.47 Å². The van der Waals surface area contributed by atoms with E-state index in [1.54, 1.807) is 0 Å². The van der Waals surface area contributed by atoms with Crippen molar-refractivity contribution in [1.82, 2.24) is 0 Å². The molecule has 1 heterocycles. The molecule has 0 saturated heterocycles. The summed E-state index contributed by atoms with van der Waals surface area (Å²) in [4.78, 5) is 0. The smallest absolute Gasteiger partial charge is 0.0623 e. The number of benzene rings is 4. The molecule has 0 aliphatic carbocycles. The third kappa shape index (κ3) is 2.48. The Morgan fingerprint density at radius 1 is 0.571 bits per heavy atom. The lowest BCUT2D eigenvalue weighted by molar-refractivity contribution is 1.48. The van der Waals surface area contributed by atoms with Crippen molar-refractivity contribution in [2.45, 2.75) is 13.8 Å². The maximum absolute atomic E-state index is 3.75. The first-order valence-electron chi connectivity index (χ1n) is 9.65. The summed E-state index contributed by atoms with van der Waals surface area (Å²) in [5.41, 5.74) is 5.37. The van der Waals surface area contributed by atoms with Crippen LogP contribution in [0.3, 0.4) is 0 Å². The van der Waals surface area contributed by atoms with Crippen molar-refractivity contribution in [3.63, 3.8) is 0 Å². The monoisotopic (exact) mass is 440 g/mol. The van der Waals surface area contributed by atoms with Gasteiger partial charge >= 0.3 is 0 Å². The standard InChI is InChI=1S/C26H21BrSi/c1-18-7-12-21(13-8-18)28(22-14-9-19(2)10-15-22)25-6-4-3-5-23(25)24-16-11-20(27)17-26(24)28/h3-17H,1-2H3. The highest BCUT2D eigenvalue weighted by Gasteiger charge is 2.48. The van der Waals surface area contributed by atoms with Gasteiger partial charge in [-0.15, -0.1) is 0 Å². The van der Waals surface area contributed by atoms with E-state index in [-0.39, 0.29) is 0 Å². The van der Waals surface area contributed by atoms with E-state index >= 15 is 0 Å². The molecule has 0 unspecified atom stereocenters. The van der Waals surface area contributed by atoms with E-state index in [0.29, 0.717) is 0 Å². The summed E-state index contributed by atoms with van der Waals surface area (Å²) in [5.74, 6) is 0. The zero-order valence-corrected chi connectivity index (χ0v) is 18.6. The van der Waals surface area contributed by atoms with Crippen molar-refractivity contribution < 1.29 is 0 Å². The third-order valence-corrected chi connectivity index (χ3v) is 11.3. The van der Waals surface area contributed by atoms with Crippen LogP contribution < -0.4 is 20.7 Å². The van der Waals surface area contributed by atoms with Gasteiger partial charge in [0.2, 0.25) is 0 Å². The van der Waals surface area contributed by atoms with E-state index in [4.69, 9.17) is 0 Å². The molecule has 1 aliphatic rings. The van der Waals surface area contributed by atoms with Crippen molar-refractivity contribution in [3.8, 4) is 11.1 Å². The summed E-state index contributed by atoms with van der Waals surface area (Å²) in [6.07, 6.45) is 0. The molecule has 1 aliphatic heterocycles. The topological polar surface area (TPSA) is 0 Å². The largest absolute Gasteiger partial charge is 0.180 e. The fourth-order valence-corrected chi connectivity index (χ4v) is 10.4. The van der Waals surface area contributed by atoms with Gasteiger partial charge in [-0.1, -0.05) is 106 Å². The summed E-state index contributed by atoms with van der Waals surface area (Å²) in [6.45, 7) is 4.33. The Hall–Kier alpha value is -2.42. The van der Waals surface area contributed by atoms with Crippen LogP contribution in [0.5, 0.6) is 0 Å². The molecule has 0 amide bonds. The lowest BCUT2D eigenvalue weighted by Crippen LogP contribution is -2.72. The van der Waals surface area contributed by atoms with Gasteiger partial charge in [-0.05, 0) is 57.9 Å². The number of hydrogen-bond acceptors (Lipinski definition) is 0. The molecule has 0 atom stereocenters. The molecule has 0 bridgehead atoms. The lowest BCUT2D eigenvalue weighted by atomic mass is 10.1. The van der Waals surface area contributed by atoms with E-state index in [2.05, 4.69) is 121 Å². The minimum absolute atomic E-state index is 1.15. The van der Waals surface area contributed by atoms with Gasteiger partial charge in [-0.25, -0.2) is 0 Å². The highest BCUT2D eigenvalue weighted by Crippen LogP contribution is 2.30. The first-order valence-corrected chi connectivity index (χ1v) is 12.4. The Balaban J connectivity index is 1.96. The van der Waals surface area contributed by atoms with Crippen LogP contribution in [0.1, 0.15) is 11.1 Å². The number of halogens is 1. The lowest BCUT2D eigenvalue weighted by Gasteiger charge is -2.31. The summed E-state index contributed by atoms with van der Waals surface area (Å²) >= 11 is 3.75. The minimum atomic E-state index is -2.33. The predicted molar refractivity (Wildman–Crippen MR) is 126 cm³/mol. The van der Waals surface area contributed by atoms with Crippen LogP contribution in [-0.2, 0) is 0 Å². The molecule has 136 valence electrons. The van der Waals surface area contributed by atoms with Gasteiger partial charge < -0.3 is 0 Å². The maximum Gasteiger partial charge on any atom is 0.180 e. The van der Waals surface area contributed by atoms with Gasteiger partial charge in [-0.3, -0.25) is 0 Å². The molecule has 28 heavy (non-hydrogen) atoms. The Morgan fingerprint density at radius 3 is 1.71 bits per heavy atom. The molecule has 0 saturated carbocycles. The number of fused-ring (bicyclic) bond motifs is 3. The van der Waals surface area contributed by atoms with Gasteiger partial charge in [0.15, 0.2) is 8.07 Å². The van der Waals surface area contributed by atoms with Crippen LogP contribution in [0.15, 0.2) is 95.5 Å². The number of aryl methyl sites for hydroxylation is 2. The Kier molecular flexibility index (Phi) is 4.15. The van der Waals surface area contributed by atoms with E-state index in [1.807, 2.05) is 0 Å². The highest BCUT2D eigenvalue weighted by atomic mass is 79.9. The Morgan fingerprint density at radius 2 is 1.11 bits per heavy atom. The van der Waals surface area contributed by atoms with E-state index in [0.717, 1.165) is 4.47 Å². The van der Waals surface area contributed by atoms with Crippen LogP contribution >= 0.6 is 15.9 Å². The molecule has 2 heteroatoms. The summed E-state index contributed by atoms with van der Waals surface area (Å²) in [5, 5.41) is 5.88. The summed E-state index contributed by atoms with van der Waals surface area (Å²) in [6, 6.07) is 34.3. The van der Waals surface area contributed by atoms with Crippen LogP contribution in [-0.4, -0.2) is 8.07 Å². The SMILES string of the molecule is Cc1ccc([Si]2(c3ccc(C)cc3)c3ccccc3-c3ccc(Br)cc32)cc1. The van der Waals surface area contributed by atoms with E-state index < -0.39 is 8.07 Å². The average molecular weight is 441 g/mol. The molecule has 0 nitrogen and oxygen atoms in total. The van der Waals surface area contributed by atoms with Gasteiger partial charge in [0.05, 0.1) is 0 Å². The van der Waals surface area contributed by atoms with Crippen LogP contribution in [0, 0.1) is 13.8 Å². The van der Waals surface area contributed by atoms with E-state index in [1.165, 1.54) is 43.0 Å². The van der Waals surface area contributed by atoms with Crippen LogP contribution in [0.25, 0.3) is 11.1 Å². The molecule has 0 N–H and O–H groups in total. The summed E-state index contributed by atoms with van der Waals surface area (Å²) in [7, 11) is -2.33. The first-order chi connectivity index (χ1) is 13.6. The average Bonchev–Trinajstić information content (AvgIpc) is 3.00. The number of rotatable bonds is 2. The molecule has 0 spiro atoms.